The number of nitrogens with one attached hydrogen (secondary N) is 1. The zero-order valence-corrected chi connectivity index (χ0v) is 14.0. The summed E-state index contributed by atoms with van der Waals surface area (Å²) in [5.74, 6) is 0. The Morgan fingerprint density at radius 3 is 2.48 bits per heavy atom. The van der Waals surface area contributed by atoms with Crippen LogP contribution in [0.15, 0.2) is 45.6 Å². The maximum atomic E-state index is 11.9. The molecule has 3 rings (SSSR count). The summed E-state index contributed by atoms with van der Waals surface area (Å²) in [6.07, 6.45) is 0. The lowest BCUT2D eigenvalue weighted by Crippen LogP contribution is -2.07. The summed E-state index contributed by atoms with van der Waals surface area (Å²) in [5.41, 5.74) is 7.06. The van der Waals surface area contributed by atoms with E-state index >= 15 is 0 Å². The van der Waals surface area contributed by atoms with E-state index < -0.39 is 0 Å². The Balaban J connectivity index is 2.02. The summed E-state index contributed by atoms with van der Waals surface area (Å²) >= 11 is 0. The average molecular weight is 307 g/mol. The van der Waals surface area contributed by atoms with E-state index in [4.69, 9.17) is 4.42 Å². The van der Waals surface area contributed by atoms with Crippen LogP contribution >= 0.6 is 0 Å². The van der Waals surface area contributed by atoms with Gasteiger partial charge in [0, 0.05) is 23.7 Å². The minimum Gasteiger partial charge on any atom is -0.422 e. The molecule has 0 radical (unpaired) electrons. The second-order valence-corrected chi connectivity index (χ2v) is 6.08. The third-order valence-electron chi connectivity index (χ3n) is 4.59. The molecule has 0 fully saturated rings. The highest BCUT2D eigenvalue weighted by molar-refractivity contribution is 5.84. The smallest absolute Gasteiger partial charge is 0.336 e. The van der Waals surface area contributed by atoms with Crippen LogP contribution in [0.1, 0.15) is 27.8 Å². The molecular weight excluding hydrogens is 286 g/mol. The van der Waals surface area contributed by atoms with Gasteiger partial charge in [0.05, 0.1) is 0 Å². The normalized spacial score (nSPS) is 11.0. The Hall–Kier alpha value is -2.55. The van der Waals surface area contributed by atoms with Gasteiger partial charge in [-0.15, -0.1) is 0 Å². The molecule has 1 heterocycles. The Morgan fingerprint density at radius 2 is 1.70 bits per heavy atom. The van der Waals surface area contributed by atoms with E-state index in [1.165, 1.54) is 11.1 Å². The third kappa shape index (κ3) is 2.87. The zero-order valence-electron chi connectivity index (χ0n) is 14.0. The lowest BCUT2D eigenvalue weighted by Gasteiger charge is -2.13. The molecule has 0 aliphatic heterocycles. The molecule has 23 heavy (non-hydrogen) atoms. The van der Waals surface area contributed by atoms with Crippen LogP contribution in [0, 0.1) is 27.7 Å². The average Bonchev–Trinajstić information content (AvgIpc) is 2.52. The predicted octanol–water partition coefficient (Wildman–Crippen LogP) is 4.64. The van der Waals surface area contributed by atoms with E-state index in [2.05, 4.69) is 37.4 Å². The van der Waals surface area contributed by atoms with Gasteiger partial charge < -0.3 is 9.73 Å². The highest BCUT2D eigenvalue weighted by Gasteiger charge is 2.10. The number of hydrogen-bond acceptors (Lipinski definition) is 3. The monoisotopic (exact) mass is 307 g/mol. The third-order valence-corrected chi connectivity index (χ3v) is 4.59. The fraction of sp³-hybridized carbons (Fsp3) is 0.250. The van der Waals surface area contributed by atoms with Crippen molar-refractivity contribution >= 4 is 16.7 Å². The number of benzene rings is 2. The second kappa shape index (κ2) is 5.92. The van der Waals surface area contributed by atoms with Gasteiger partial charge in [-0.3, -0.25) is 0 Å². The Morgan fingerprint density at radius 1 is 0.957 bits per heavy atom. The minimum atomic E-state index is -0.302. The van der Waals surface area contributed by atoms with Crippen molar-refractivity contribution in [2.75, 3.05) is 5.32 Å². The molecular formula is C20H21NO2. The van der Waals surface area contributed by atoms with E-state index in [0.29, 0.717) is 12.1 Å². The summed E-state index contributed by atoms with van der Waals surface area (Å²) in [6.45, 7) is 8.80. The quantitative estimate of drug-likeness (QED) is 0.717. The topological polar surface area (TPSA) is 42.2 Å². The van der Waals surface area contributed by atoms with Crippen molar-refractivity contribution in [3.8, 4) is 0 Å². The molecule has 0 aliphatic carbocycles. The van der Waals surface area contributed by atoms with Gasteiger partial charge in [-0.05, 0) is 61.6 Å². The summed E-state index contributed by atoms with van der Waals surface area (Å²) < 4.78 is 5.43. The number of fused-ring (bicyclic) bond motifs is 1. The van der Waals surface area contributed by atoms with Gasteiger partial charge in [0.1, 0.15) is 5.58 Å². The van der Waals surface area contributed by atoms with E-state index in [-0.39, 0.29) is 5.63 Å². The van der Waals surface area contributed by atoms with Crippen LogP contribution in [0.3, 0.4) is 0 Å². The van der Waals surface area contributed by atoms with Crippen molar-refractivity contribution in [1.82, 2.24) is 0 Å². The van der Waals surface area contributed by atoms with Crippen LogP contribution in [0.4, 0.5) is 5.69 Å². The molecule has 3 nitrogen and oxygen atoms in total. The highest BCUT2D eigenvalue weighted by atomic mass is 16.4. The fourth-order valence-electron chi connectivity index (χ4n) is 2.80. The molecule has 0 saturated carbocycles. The van der Waals surface area contributed by atoms with Gasteiger partial charge in [-0.25, -0.2) is 4.79 Å². The molecule has 0 aliphatic rings. The van der Waals surface area contributed by atoms with Crippen molar-refractivity contribution in [1.29, 1.82) is 0 Å². The van der Waals surface area contributed by atoms with E-state index in [1.54, 1.807) is 6.07 Å². The van der Waals surface area contributed by atoms with Gasteiger partial charge in [0.15, 0.2) is 0 Å². The number of rotatable bonds is 3. The van der Waals surface area contributed by atoms with Crippen LogP contribution < -0.4 is 10.9 Å². The lowest BCUT2D eigenvalue weighted by atomic mass is 10.0. The van der Waals surface area contributed by atoms with E-state index in [0.717, 1.165) is 27.8 Å². The molecule has 0 bridgehead atoms. The molecule has 0 atom stereocenters. The van der Waals surface area contributed by atoms with Gasteiger partial charge in [0.25, 0.3) is 0 Å². The van der Waals surface area contributed by atoms with Crippen LogP contribution in [0.5, 0.6) is 0 Å². The van der Waals surface area contributed by atoms with Gasteiger partial charge in [-0.2, -0.15) is 0 Å². The molecule has 1 N–H and O–H groups in total. The summed E-state index contributed by atoms with van der Waals surface area (Å²) in [5, 5.41) is 4.43. The van der Waals surface area contributed by atoms with Crippen molar-refractivity contribution in [3.63, 3.8) is 0 Å². The zero-order chi connectivity index (χ0) is 16.6. The van der Waals surface area contributed by atoms with Crippen LogP contribution in [-0.2, 0) is 6.54 Å². The van der Waals surface area contributed by atoms with Gasteiger partial charge in [-0.1, -0.05) is 24.3 Å². The Kier molecular flexibility index (Phi) is 3.95. The Labute approximate surface area is 136 Å². The van der Waals surface area contributed by atoms with Gasteiger partial charge in [0.2, 0.25) is 0 Å². The van der Waals surface area contributed by atoms with Crippen molar-refractivity contribution in [2.24, 2.45) is 0 Å². The molecule has 0 spiro atoms. The maximum absolute atomic E-state index is 11.9. The standard InChI is InChI=1S/C20H21NO2/c1-12-6-5-7-18(14(12)3)21-11-16-10-19(22)23-20-15(4)13(2)8-9-17(16)20/h5-10,21H,11H2,1-4H3. The largest absolute Gasteiger partial charge is 0.422 e. The first-order valence-corrected chi connectivity index (χ1v) is 7.80. The van der Waals surface area contributed by atoms with Crippen LogP contribution in [0.2, 0.25) is 0 Å². The molecule has 2 aromatic carbocycles. The van der Waals surface area contributed by atoms with Crippen molar-refractivity contribution < 1.29 is 4.42 Å². The maximum Gasteiger partial charge on any atom is 0.336 e. The van der Waals surface area contributed by atoms with Crippen LogP contribution in [0.25, 0.3) is 11.0 Å². The number of aryl methyl sites for hydroxylation is 3. The van der Waals surface area contributed by atoms with Gasteiger partial charge >= 0.3 is 5.63 Å². The fourth-order valence-corrected chi connectivity index (χ4v) is 2.80. The molecule has 3 aromatic rings. The first kappa shape index (κ1) is 15.3. The van der Waals surface area contributed by atoms with Crippen LogP contribution in [-0.4, -0.2) is 0 Å². The minimum absolute atomic E-state index is 0.302. The molecule has 118 valence electrons. The van der Waals surface area contributed by atoms with E-state index in [9.17, 15) is 4.79 Å². The molecule has 1 aromatic heterocycles. The first-order chi connectivity index (χ1) is 11.0. The molecule has 0 amide bonds. The summed E-state index contributed by atoms with van der Waals surface area (Å²) in [6, 6.07) is 11.9. The van der Waals surface area contributed by atoms with E-state index in [1.807, 2.05) is 26.0 Å². The molecule has 3 heteroatoms. The highest BCUT2D eigenvalue weighted by Crippen LogP contribution is 2.25. The number of hydrogen-bond donors (Lipinski definition) is 1. The second-order valence-electron chi connectivity index (χ2n) is 6.08. The molecule has 0 unspecified atom stereocenters. The summed E-state index contributed by atoms with van der Waals surface area (Å²) in [4.78, 5) is 11.9. The van der Waals surface area contributed by atoms with Crippen molar-refractivity contribution in [3.05, 3.63) is 74.6 Å². The number of anilines is 1. The van der Waals surface area contributed by atoms with Crippen molar-refractivity contribution in [2.45, 2.75) is 34.2 Å². The Bertz CT molecular complexity index is 938. The lowest BCUT2D eigenvalue weighted by molar-refractivity contribution is 0.556. The summed E-state index contributed by atoms with van der Waals surface area (Å²) in [7, 11) is 0. The first-order valence-electron chi connectivity index (χ1n) is 7.80. The molecule has 0 saturated heterocycles. The SMILES string of the molecule is Cc1cccc(NCc2cc(=O)oc3c(C)c(C)ccc23)c1C. The predicted molar refractivity (Wildman–Crippen MR) is 95.2 cm³/mol.